The van der Waals surface area contributed by atoms with E-state index >= 15 is 0 Å². The molecule has 1 saturated carbocycles. The predicted octanol–water partition coefficient (Wildman–Crippen LogP) is 3.84. The van der Waals surface area contributed by atoms with E-state index in [4.69, 9.17) is 0 Å². The minimum absolute atomic E-state index is 0.0154. The molecule has 1 fully saturated rings. The molecule has 6 heteroatoms. The summed E-state index contributed by atoms with van der Waals surface area (Å²) in [4.78, 5) is 12.8. The van der Waals surface area contributed by atoms with Crippen molar-refractivity contribution in [3.63, 3.8) is 0 Å². The van der Waals surface area contributed by atoms with Crippen LogP contribution in [0.5, 0.6) is 0 Å². The highest BCUT2D eigenvalue weighted by Crippen LogP contribution is 2.21. The normalized spacial score (nSPS) is 15.4. The lowest BCUT2D eigenvalue weighted by Crippen LogP contribution is -2.36. The number of nitrogens with one attached hydrogen (secondary N) is 2. The first-order valence-corrected chi connectivity index (χ1v) is 11.3. The lowest BCUT2D eigenvalue weighted by Gasteiger charge is -2.22. The number of hydrogen-bond acceptors (Lipinski definition) is 3. The van der Waals surface area contributed by atoms with Gasteiger partial charge in [-0.15, -0.1) is 0 Å². The second-order valence-corrected chi connectivity index (χ2v) is 9.26. The van der Waals surface area contributed by atoms with Crippen molar-refractivity contribution in [3.05, 3.63) is 64.7 Å². The standard InChI is InChI=1S/C22H28N2O3S/c1-16-8-6-7-9-18(16)15-23-22(25)21-14-20(13-12-17(21)2)28(26,27)24-19-10-4-3-5-11-19/h6-9,12-14,19,24H,3-5,10-11,15H2,1-2H3,(H,23,25). The average Bonchev–Trinajstić information content (AvgIpc) is 2.68. The van der Waals surface area contributed by atoms with E-state index in [0.717, 1.165) is 48.8 Å². The van der Waals surface area contributed by atoms with Crippen molar-refractivity contribution in [1.82, 2.24) is 10.0 Å². The molecule has 0 radical (unpaired) electrons. The van der Waals surface area contributed by atoms with Crippen LogP contribution in [-0.4, -0.2) is 20.4 Å². The van der Waals surface area contributed by atoms with Gasteiger partial charge in [0.25, 0.3) is 5.91 Å². The van der Waals surface area contributed by atoms with Gasteiger partial charge in [-0.05, 0) is 55.5 Å². The van der Waals surface area contributed by atoms with Crippen molar-refractivity contribution in [1.29, 1.82) is 0 Å². The second kappa shape index (κ2) is 8.88. The van der Waals surface area contributed by atoms with Crippen molar-refractivity contribution in [3.8, 4) is 0 Å². The molecular weight excluding hydrogens is 372 g/mol. The van der Waals surface area contributed by atoms with Crippen molar-refractivity contribution < 1.29 is 13.2 Å². The van der Waals surface area contributed by atoms with Crippen molar-refractivity contribution in [2.75, 3.05) is 0 Å². The second-order valence-electron chi connectivity index (χ2n) is 7.54. The number of sulfonamides is 1. The maximum atomic E-state index is 12.8. The monoisotopic (exact) mass is 400 g/mol. The molecule has 28 heavy (non-hydrogen) atoms. The van der Waals surface area contributed by atoms with E-state index in [1.54, 1.807) is 12.1 Å². The molecule has 0 saturated heterocycles. The molecule has 5 nitrogen and oxygen atoms in total. The van der Waals surface area contributed by atoms with Gasteiger partial charge in [-0.3, -0.25) is 4.79 Å². The summed E-state index contributed by atoms with van der Waals surface area (Å²) in [6, 6.07) is 12.6. The van der Waals surface area contributed by atoms with Crippen molar-refractivity contribution >= 4 is 15.9 Å². The Labute approximate surface area is 167 Å². The van der Waals surface area contributed by atoms with E-state index in [-0.39, 0.29) is 16.8 Å². The predicted molar refractivity (Wildman–Crippen MR) is 111 cm³/mol. The van der Waals surface area contributed by atoms with E-state index in [1.807, 2.05) is 38.1 Å². The van der Waals surface area contributed by atoms with Crippen LogP contribution in [0.4, 0.5) is 0 Å². The molecule has 150 valence electrons. The summed E-state index contributed by atoms with van der Waals surface area (Å²) in [5.74, 6) is -0.268. The fourth-order valence-electron chi connectivity index (χ4n) is 3.60. The molecule has 2 aromatic rings. The number of benzene rings is 2. The third-order valence-electron chi connectivity index (χ3n) is 5.39. The SMILES string of the molecule is Cc1ccccc1CNC(=O)c1cc(S(=O)(=O)NC2CCCCC2)ccc1C. The zero-order valence-electron chi connectivity index (χ0n) is 16.5. The van der Waals surface area contributed by atoms with E-state index in [1.165, 1.54) is 6.07 Å². The van der Waals surface area contributed by atoms with Gasteiger partial charge in [-0.2, -0.15) is 0 Å². The Morgan fingerprint density at radius 2 is 1.71 bits per heavy atom. The van der Waals surface area contributed by atoms with E-state index < -0.39 is 10.0 Å². The molecule has 0 bridgehead atoms. The average molecular weight is 401 g/mol. The van der Waals surface area contributed by atoms with Crippen molar-refractivity contribution in [2.24, 2.45) is 0 Å². The Balaban J connectivity index is 1.74. The van der Waals surface area contributed by atoms with Crippen LogP contribution in [0.2, 0.25) is 0 Å². The molecule has 0 spiro atoms. The van der Waals surface area contributed by atoms with Gasteiger partial charge in [-0.25, -0.2) is 13.1 Å². The van der Waals surface area contributed by atoms with Crippen LogP contribution < -0.4 is 10.0 Å². The quantitative estimate of drug-likeness (QED) is 0.773. The van der Waals surface area contributed by atoms with Crippen LogP contribution in [0.3, 0.4) is 0 Å². The smallest absolute Gasteiger partial charge is 0.251 e. The van der Waals surface area contributed by atoms with Crippen LogP contribution >= 0.6 is 0 Å². The Kier molecular flexibility index (Phi) is 6.52. The number of hydrogen-bond donors (Lipinski definition) is 2. The van der Waals surface area contributed by atoms with Crippen LogP contribution in [0.15, 0.2) is 47.4 Å². The van der Waals surface area contributed by atoms with E-state index in [0.29, 0.717) is 12.1 Å². The lowest BCUT2D eigenvalue weighted by atomic mass is 9.96. The number of rotatable bonds is 6. The molecule has 1 amide bonds. The molecule has 0 atom stereocenters. The first kappa shape index (κ1) is 20.6. The van der Waals surface area contributed by atoms with Gasteiger partial charge in [0.05, 0.1) is 4.90 Å². The highest BCUT2D eigenvalue weighted by Gasteiger charge is 2.23. The molecule has 2 aromatic carbocycles. The summed E-state index contributed by atoms with van der Waals surface area (Å²) < 4.78 is 28.3. The molecule has 0 aromatic heterocycles. The Hall–Kier alpha value is -2.18. The summed E-state index contributed by atoms with van der Waals surface area (Å²) >= 11 is 0. The number of carbonyl (C=O) groups excluding carboxylic acids is 1. The maximum absolute atomic E-state index is 12.8. The fraction of sp³-hybridized carbons (Fsp3) is 0.409. The molecule has 1 aliphatic rings. The van der Waals surface area contributed by atoms with Gasteiger partial charge < -0.3 is 5.32 Å². The molecule has 3 rings (SSSR count). The fourth-order valence-corrected chi connectivity index (χ4v) is 4.93. The molecule has 0 unspecified atom stereocenters. The van der Waals surface area contributed by atoms with Crippen LogP contribution in [0, 0.1) is 13.8 Å². The molecular formula is C22H28N2O3S. The Morgan fingerprint density at radius 3 is 2.43 bits per heavy atom. The molecule has 0 aliphatic heterocycles. The topological polar surface area (TPSA) is 75.3 Å². The summed E-state index contributed by atoms with van der Waals surface area (Å²) in [5.41, 5.74) is 3.28. The van der Waals surface area contributed by atoms with Crippen LogP contribution in [0.1, 0.15) is 59.2 Å². The molecule has 1 aliphatic carbocycles. The highest BCUT2D eigenvalue weighted by molar-refractivity contribution is 7.89. The summed E-state index contributed by atoms with van der Waals surface area (Å²) in [6.07, 6.45) is 5.00. The zero-order chi connectivity index (χ0) is 20.1. The highest BCUT2D eigenvalue weighted by atomic mass is 32.2. The minimum Gasteiger partial charge on any atom is -0.348 e. The molecule has 0 heterocycles. The van der Waals surface area contributed by atoms with Gasteiger partial charge in [0.15, 0.2) is 0 Å². The van der Waals surface area contributed by atoms with Gasteiger partial charge in [0, 0.05) is 18.2 Å². The van der Waals surface area contributed by atoms with E-state index in [9.17, 15) is 13.2 Å². The maximum Gasteiger partial charge on any atom is 0.251 e. The number of carbonyl (C=O) groups is 1. The third-order valence-corrected chi connectivity index (χ3v) is 6.91. The van der Waals surface area contributed by atoms with Gasteiger partial charge in [-0.1, -0.05) is 49.6 Å². The number of amides is 1. The lowest BCUT2D eigenvalue weighted by molar-refractivity contribution is 0.0950. The summed E-state index contributed by atoms with van der Waals surface area (Å²) in [7, 11) is -3.64. The first-order valence-electron chi connectivity index (χ1n) is 9.82. The van der Waals surface area contributed by atoms with E-state index in [2.05, 4.69) is 10.0 Å². The minimum atomic E-state index is -3.64. The van der Waals surface area contributed by atoms with Gasteiger partial charge in [0.1, 0.15) is 0 Å². The molecule has 2 N–H and O–H groups in total. The zero-order valence-corrected chi connectivity index (χ0v) is 17.3. The van der Waals surface area contributed by atoms with Crippen LogP contribution in [0.25, 0.3) is 0 Å². The van der Waals surface area contributed by atoms with Gasteiger partial charge in [0.2, 0.25) is 10.0 Å². The Bertz CT molecular complexity index is 948. The first-order chi connectivity index (χ1) is 13.4. The van der Waals surface area contributed by atoms with Crippen LogP contribution in [-0.2, 0) is 16.6 Å². The third kappa shape index (κ3) is 5.00. The summed E-state index contributed by atoms with van der Waals surface area (Å²) in [5, 5.41) is 2.90. The Morgan fingerprint density at radius 1 is 1.00 bits per heavy atom. The van der Waals surface area contributed by atoms with Crippen molar-refractivity contribution in [2.45, 2.75) is 63.4 Å². The largest absolute Gasteiger partial charge is 0.348 e. The number of aryl methyl sites for hydroxylation is 2. The summed E-state index contributed by atoms with van der Waals surface area (Å²) in [6.45, 7) is 4.22. The van der Waals surface area contributed by atoms with Gasteiger partial charge >= 0.3 is 0 Å².